The van der Waals surface area contributed by atoms with Crippen LogP contribution in [0.2, 0.25) is 0 Å². The molecule has 0 heteroatoms. The van der Waals surface area contributed by atoms with Crippen LogP contribution in [0.5, 0.6) is 0 Å². The van der Waals surface area contributed by atoms with Crippen molar-refractivity contribution in [3.63, 3.8) is 0 Å². The zero-order valence-electron chi connectivity index (χ0n) is 12.4. The van der Waals surface area contributed by atoms with Crippen LogP contribution in [-0.2, 0) is 0 Å². The lowest BCUT2D eigenvalue weighted by Gasteiger charge is -2.49. The summed E-state index contributed by atoms with van der Waals surface area (Å²) in [5.74, 6) is 1.05. The van der Waals surface area contributed by atoms with Crippen molar-refractivity contribution in [1.82, 2.24) is 0 Å². The molecule has 0 aromatic rings. The second-order valence-electron chi connectivity index (χ2n) is 7.43. The summed E-state index contributed by atoms with van der Waals surface area (Å²) in [5, 5.41) is 0. The highest BCUT2D eigenvalue weighted by atomic mass is 14.5. The molecule has 0 nitrogen and oxygen atoms in total. The Bertz CT molecular complexity index is 236. The van der Waals surface area contributed by atoms with E-state index in [9.17, 15) is 0 Å². The summed E-state index contributed by atoms with van der Waals surface area (Å²) in [4.78, 5) is 0. The third-order valence-corrected chi connectivity index (χ3v) is 6.21. The Balaban J connectivity index is 1.99. The van der Waals surface area contributed by atoms with Crippen LogP contribution in [0, 0.1) is 16.7 Å². The fourth-order valence-electron chi connectivity index (χ4n) is 4.67. The molecule has 0 N–H and O–H groups in total. The summed E-state index contributed by atoms with van der Waals surface area (Å²) in [6.07, 6.45) is 16.4. The van der Waals surface area contributed by atoms with Gasteiger partial charge in [-0.1, -0.05) is 65.7 Å². The molecule has 0 bridgehead atoms. The molecule has 0 aromatic heterocycles. The summed E-state index contributed by atoms with van der Waals surface area (Å²) >= 11 is 0. The SMILES string of the molecule is CCCCC1CCCC(C)(C2(C)CCCC2)C1. The molecule has 0 saturated heterocycles. The fraction of sp³-hybridized carbons (Fsp3) is 1.00. The maximum Gasteiger partial charge on any atom is -0.0269 e. The maximum absolute atomic E-state index is 2.62. The van der Waals surface area contributed by atoms with E-state index < -0.39 is 0 Å². The van der Waals surface area contributed by atoms with E-state index in [-0.39, 0.29) is 0 Å². The Morgan fingerprint density at radius 3 is 2.24 bits per heavy atom. The van der Waals surface area contributed by atoms with Gasteiger partial charge < -0.3 is 0 Å². The van der Waals surface area contributed by atoms with Gasteiger partial charge in [-0.25, -0.2) is 0 Å². The smallest absolute Gasteiger partial charge is 0.0269 e. The van der Waals surface area contributed by atoms with Crippen molar-refractivity contribution in [2.75, 3.05) is 0 Å². The Kier molecular flexibility index (Phi) is 4.21. The van der Waals surface area contributed by atoms with Gasteiger partial charge in [-0.2, -0.15) is 0 Å². The maximum atomic E-state index is 2.62. The first-order valence-electron chi connectivity index (χ1n) is 8.10. The quantitative estimate of drug-likeness (QED) is 0.565. The number of hydrogen-bond donors (Lipinski definition) is 0. The Labute approximate surface area is 109 Å². The summed E-state index contributed by atoms with van der Waals surface area (Å²) in [7, 11) is 0. The second kappa shape index (κ2) is 5.33. The zero-order chi connectivity index (χ0) is 12.4. The van der Waals surface area contributed by atoms with Crippen LogP contribution in [0.15, 0.2) is 0 Å². The van der Waals surface area contributed by atoms with Crippen LogP contribution in [0.3, 0.4) is 0 Å². The molecule has 0 aromatic carbocycles. The van der Waals surface area contributed by atoms with Crippen LogP contribution >= 0.6 is 0 Å². The van der Waals surface area contributed by atoms with Crippen molar-refractivity contribution in [2.45, 2.75) is 91.4 Å². The van der Waals surface area contributed by atoms with Crippen molar-refractivity contribution in [3.8, 4) is 0 Å². The number of rotatable bonds is 4. The first-order valence-corrected chi connectivity index (χ1v) is 8.10. The van der Waals surface area contributed by atoms with Gasteiger partial charge in [0.2, 0.25) is 0 Å². The molecule has 2 rings (SSSR count). The zero-order valence-corrected chi connectivity index (χ0v) is 12.4. The lowest BCUT2D eigenvalue weighted by molar-refractivity contribution is 0.00808. The van der Waals surface area contributed by atoms with E-state index in [1.165, 1.54) is 70.6 Å². The van der Waals surface area contributed by atoms with Crippen molar-refractivity contribution in [3.05, 3.63) is 0 Å². The molecule has 2 aliphatic carbocycles. The lowest BCUT2D eigenvalue weighted by Crippen LogP contribution is -2.39. The molecule has 0 aliphatic heterocycles. The predicted octanol–water partition coefficient (Wildman–Crippen LogP) is 5.95. The molecule has 2 unspecified atom stereocenters. The van der Waals surface area contributed by atoms with Crippen molar-refractivity contribution < 1.29 is 0 Å². The van der Waals surface area contributed by atoms with Gasteiger partial charge in [0.25, 0.3) is 0 Å². The molecule has 2 saturated carbocycles. The van der Waals surface area contributed by atoms with E-state index in [0.29, 0.717) is 10.8 Å². The van der Waals surface area contributed by atoms with Gasteiger partial charge in [0.1, 0.15) is 0 Å². The topological polar surface area (TPSA) is 0 Å². The van der Waals surface area contributed by atoms with Gasteiger partial charge in [0.15, 0.2) is 0 Å². The molecule has 0 spiro atoms. The van der Waals surface area contributed by atoms with Gasteiger partial charge in [0, 0.05) is 0 Å². The monoisotopic (exact) mass is 236 g/mol. The molecule has 0 heterocycles. The van der Waals surface area contributed by atoms with Gasteiger partial charge in [-0.3, -0.25) is 0 Å². The standard InChI is InChI=1S/C17H32/c1-4-5-9-15-10-8-13-17(3,14-15)16(2)11-6-7-12-16/h15H,4-14H2,1-3H3. The molecule has 0 radical (unpaired) electrons. The highest BCUT2D eigenvalue weighted by Gasteiger charge is 2.47. The normalized spacial score (nSPS) is 37.2. The van der Waals surface area contributed by atoms with E-state index in [1.807, 2.05) is 0 Å². The minimum absolute atomic E-state index is 0.667. The third kappa shape index (κ3) is 2.71. The van der Waals surface area contributed by atoms with E-state index in [4.69, 9.17) is 0 Å². The molecule has 0 amide bonds. The summed E-state index contributed by atoms with van der Waals surface area (Å²) in [6.45, 7) is 7.55. The van der Waals surface area contributed by atoms with E-state index >= 15 is 0 Å². The van der Waals surface area contributed by atoms with Crippen LogP contribution in [0.25, 0.3) is 0 Å². The van der Waals surface area contributed by atoms with Crippen LogP contribution in [-0.4, -0.2) is 0 Å². The van der Waals surface area contributed by atoms with Gasteiger partial charge >= 0.3 is 0 Å². The minimum atomic E-state index is 0.667. The second-order valence-corrected chi connectivity index (χ2v) is 7.43. The number of hydrogen-bond acceptors (Lipinski definition) is 0. The minimum Gasteiger partial charge on any atom is -0.0654 e. The summed E-state index contributed by atoms with van der Waals surface area (Å²) in [6, 6.07) is 0. The Morgan fingerprint density at radius 1 is 0.941 bits per heavy atom. The van der Waals surface area contributed by atoms with Gasteiger partial charge in [-0.15, -0.1) is 0 Å². The van der Waals surface area contributed by atoms with Crippen molar-refractivity contribution >= 4 is 0 Å². The Hall–Kier alpha value is 0. The van der Waals surface area contributed by atoms with E-state index in [2.05, 4.69) is 20.8 Å². The molecule has 2 atom stereocenters. The molecule has 2 aliphatic rings. The average Bonchev–Trinajstić information content (AvgIpc) is 2.75. The molecule has 2 fully saturated rings. The molecule has 17 heavy (non-hydrogen) atoms. The lowest BCUT2D eigenvalue weighted by atomic mass is 9.55. The van der Waals surface area contributed by atoms with Gasteiger partial charge in [-0.05, 0) is 42.4 Å². The van der Waals surface area contributed by atoms with Crippen LogP contribution < -0.4 is 0 Å². The first-order chi connectivity index (χ1) is 8.10. The largest absolute Gasteiger partial charge is 0.0654 e. The molecular weight excluding hydrogens is 204 g/mol. The summed E-state index contributed by atoms with van der Waals surface area (Å²) < 4.78 is 0. The van der Waals surface area contributed by atoms with Gasteiger partial charge in [0.05, 0.1) is 0 Å². The average molecular weight is 236 g/mol. The fourth-order valence-corrected chi connectivity index (χ4v) is 4.67. The number of unbranched alkanes of at least 4 members (excludes halogenated alkanes) is 1. The first kappa shape index (κ1) is 13.4. The molecular formula is C17H32. The summed E-state index contributed by atoms with van der Waals surface area (Å²) in [5.41, 5.74) is 1.35. The predicted molar refractivity (Wildman–Crippen MR) is 76.2 cm³/mol. The van der Waals surface area contributed by atoms with Crippen molar-refractivity contribution in [2.24, 2.45) is 16.7 Å². The van der Waals surface area contributed by atoms with E-state index in [1.54, 1.807) is 0 Å². The highest BCUT2D eigenvalue weighted by molar-refractivity contribution is 4.98. The highest BCUT2D eigenvalue weighted by Crippen LogP contribution is 2.58. The third-order valence-electron chi connectivity index (χ3n) is 6.21. The van der Waals surface area contributed by atoms with Crippen molar-refractivity contribution in [1.29, 1.82) is 0 Å². The van der Waals surface area contributed by atoms with E-state index in [0.717, 1.165) is 5.92 Å². The Morgan fingerprint density at radius 2 is 1.59 bits per heavy atom. The molecule has 100 valence electrons. The van der Waals surface area contributed by atoms with Crippen LogP contribution in [0.1, 0.15) is 91.4 Å². The van der Waals surface area contributed by atoms with Crippen LogP contribution in [0.4, 0.5) is 0 Å².